The smallest absolute Gasteiger partial charge is 0.160 e. The number of phenolic OH excluding ortho intramolecular Hbond substituents is 1. The van der Waals surface area contributed by atoms with Crippen LogP contribution in [0.25, 0.3) is 0 Å². The number of aromatic nitrogens is 1. The van der Waals surface area contributed by atoms with Crippen molar-refractivity contribution in [3.8, 4) is 11.5 Å². The van der Waals surface area contributed by atoms with Gasteiger partial charge in [-0.2, -0.15) is 0 Å². The Balaban J connectivity index is 1.66. The Labute approximate surface area is 154 Å². The second kappa shape index (κ2) is 5.51. The fourth-order valence-corrected chi connectivity index (χ4v) is 8.46. The summed E-state index contributed by atoms with van der Waals surface area (Å²) >= 11 is 9.17. The Bertz CT molecular complexity index is 858. The lowest BCUT2D eigenvalue weighted by Gasteiger charge is -2.40. The molecule has 24 heavy (non-hydrogen) atoms. The van der Waals surface area contributed by atoms with Gasteiger partial charge in [-0.3, -0.25) is 0 Å². The predicted octanol–water partition coefficient (Wildman–Crippen LogP) is 5.17. The highest BCUT2D eigenvalue weighted by molar-refractivity contribution is 8.00. The molecule has 0 amide bonds. The molecule has 126 valence electrons. The number of fused-ring (bicyclic) bond motifs is 6. The van der Waals surface area contributed by atoms with Gasteiger partial charge in [0.05, 0.1) is 12.1 Å². The molecule has 5 rings (SSSR count). The summed E-state index contributed by atoms with van der Waals surface area (Å²) in [6, 6.07) is 5.91. The number of thioether (sulfide) groups is 1. The number of hydrogen-bond acceptors (Lipinski definition) is 5. The zero-order valence-corrected chi connectivity index (χ0v) is 15.8. The fraction of sp³-hybridized carbons (Fsp3) is 0.500. The summed E-state index contributed by atoms with van der Waals surface area (Å²) in [5.74, 6) is 3.43. The molecule has 3 nitrogen and oxygen atoms in total. The van der Waals surface area contributed by atoms with Gasteiger partial charge in [-0.1, -0.05) is 6.07 Å². The van der Waals surface area contributed by atoms with Crippen LogP contribution in [0.4, 0.5) is 0 Å². The molecule has 5 atom stereocenters. The predicted molar refractivity (Wildman–Crippen MR) is 100.0 cm³/mol. The van der Waals surface area contributed by atoms with E-state index in [2.05, 4.69) is 11.1 Å². The van der Waals surface area contributed by atoms with Crippen LogP contribution in [0.1, 0.15) is 35.6 Å². The molecule has 0 radical (unpaired) electrons. The number of rotatable bonds is 2. The zero-order valence-electron chi connectivity index (χ0n) is 13.3. The van der Waals surface area contributed by atoms with Crippen molar-refractivity contribution in [2.75, 3.05) is 7.11 Å². The minimum Gasteiger partial charge on any atom is -0.504 e. The van der Waals surface area contributed by atoms with Gasteiger partial charge in [0.2, 0.25) is 0 Å². The van der Waals surface area contributed by atoms with E-state index in [0.29, 0.717) is 22.8 Å². The van der Waals surface area contributed by atoms with E-state index in [-0.39, 0.29) is 5.75 Å². The average Bonchev–Trinajstić information content (AvgIpc) is 3.26. The largest absolute Gasteiger partial charge is 0.504 e. The molecule has 0 saturated heterocycles. The quantitative estimate of drug-likeness (QED) is 0.709. The highest BCUT2D eigenvalue weighted by Crippen LogP contribution is 2.64. The van der Waals surface area contributed by atoms with E-state index in [9.17, 15) is 5.11 Å². The minimum absolute atomic E-state index is 0.230. The summed E-state index contributed by atoms with van der Waals surface area (Å²) in [4.78, 5) is 4.78. The van der Waals surface area contributed by atoms with Crippen LogP contribution in [0, 0.1) is 21.7 Å². The molecule has 1 aromatic heterocycles. The van der Waals surface area contributed by atoms with Crippen LogP contribution >= 0.6 is 35.3 Å². The van der Waals surface area contributed by atoms with Crippen molar-refractivity contribution in [2.24, 2.45) is 17.8 Å². The number of hydrogen-bond donors (Lipinski definition) is 2. The molecule has 2 heterocycles. The van der Waals surface area contributed by atoms with Crippen molar-refractivity contribution in [1.29, 1.82) is 0 Å². The van der Waals surface area contributed by atoms with Crippen molar-refractivity contribution < 1.29 is 9.84 Å². The van der Waals surface area contributed by atoms with Crippen molar-refractivity contribution in [3.63, 3.8) is 0 Å². The van der Waals surface area contributed by atoms with Gasteiger partial charge in [0, 0.05) is 16.0 Å². The average molecular weight is 378 g/mol. The Hall–Kier alpha value is -0.980. The van der Waals surface area contributed by atoms with Crippen LogP contribution in [0.5, 0.6) is 11.5 Å². The lowest BCUT2D eigenvalue weighted by atomic mass is 9.75. The molecule has 2 aromatic rings. The number of nitrogens with one attached hydrogen (secondary N) is 1. The van der Waals surface area contributed by atoms with Crippen molar-refractivity contribution in [3.05, 3.63) is 32.6 Å². The van der Waals surface area contributed by atoms with E-state index in [1.165, 1.54) is 34.7 Å². The molecule has 2 aliphatic carbocycles. The van der Waals surface area contributed by atoms with Crippen LogP contribution in [0.2, 0.25) is 0 Å². The summed E-state index contributed by atoms with van der Waals surface area (Å²) < 4.78 is 6.09. The second-order valence-corrected chi connectivity index (χ2v) is 10.0. The van der Waals surface area contributed by atoms with Gasteiger partial charge < -0.3 is 14.8 Å². The molecule has 2 N–H and O–H groups in total. The third kappa shape index (κ3) is 2.12. The van der Waals surface area contributed by atoms with E-state index >= 15 is 0 Å². The molecule has 2 saturated carbocycles. The molecule has 0 spiro atoms. The van der Waals surface area contributed by atoms with Gasteiger partial charge >= 0.3 is 0 Å². The lowest BCUT2D eigenvalue weighted by Crippen LogP contribution is -2.33. The van der Waals surface area contributed by atoms with Crippen LogP contribution in [-0.2, 0) is 0 Å². The normalized spacial score (nSPS) is 33.3. The number of aromatic amines is 1. The summed E-state index contributed by atoms with van der Waals surface area (Å²) in [5.41, 5.74) is 1.20. The Morgan fingerprint density at radius 1 is 1.29 bits per heavy atom. The van der Waals surface area contributed by atoms with Crippen molar-refractivity contribution >= 4 is 35.3 Å². The molecule has 3 aliphatic rings. The first-order chi connectivity index (χ1) is 11.7. The van der Waals surface area contributed by atoms with Crippen LogP contribution in [-0.4, -0.2) is 22.5 Å². The van der Waals surface area contributed by atoms with Gasteiger partial charge in [0.1, 0.15) is 0 Å². The number of benzene rings is 1. The van der Waals surface area contributed by atoms with Gasteiger partial charge in [0.25, 0.3) is 0 Å². The number of phenols is 1. The van der Waals surface area contributed by atoms with Crippen LogP contribution in [0.15, 0.2) is 23.2 Å². The number of H-pyrrole nitrogens is 1. The number of ether oxygens (including phenoxy) is 1. The lowest BCUT2D eigenvalue weighted by molar-refractivity contribution is 0.306. The zero-order chi connectivity index (χ0) is 16.4. The topological polar surface area (TPSA) is 45.2 Å². The van der Waals surface area contributed by atoms with E-state index in [1.54, 1.807) is 18.4 Å². The van der Waals surface area contributed by atoms with E-state index < -0.39 is 0 Å². The minimum atomic E-state index is 0.230. The molecule has 2 bridgehead atoms. The second-order valence-electron chi connectivity index (χ2n) is 7.11. The van der Waals surface area contributed by atoms with Gasteiger partial charge in [0.15, 0.2) is 15.5 Å². The molecular formula is C18H19NO2S3. The number of methoxy groups -OCH3 is 1. The summed E-state index contributed by atoms with van der Waals surface area (Å²) in [6.45, 7) is 0. The molecule has 6 heteroatoms. The molecular weight excluding hydrogens is 358 g/mol. The number of aromatic hydroxyl groups is 1. The summed E-state index contributed by atoms with van der Waals surface area (Å²) in [5, 5.41) is 12.2. The van der Waals surface area contributed by atoms with Crippen molar-refractivity contribution in [2.45, 2.75) is 35.5 Å². The Kier molecular flexibility index (Phi) is 3.51. The maximum absolute atomic E-state index is 10.3. The standard InChI is InChI=1S/C18H19NO2S3/c1-21-12-5-4-9(7-11(12)20)14-13-8-2-3-10(6-8)15(13)23-17-16(14)24-18(22)19-17/h4-5,7-8,10,13-15,20H,2-3,6H2,1H3,(H,19,22). The van der Waals surface area contributed by atoms with Gasteiger partial charge in [-0.25, -0.2) is 0 Å². The van der Waals surface area contributed by atoms with E-state index in [4.69, 9.17) is 17.0 Å². The van der Waals surface area contributed by atoms with Crippen LogP contribution in [0.3, 0.4) is 0 Å². The SMILES string of the molecule is COc1ccc(C2c3sc(=S)[nH]c3SC3C4CCC(C4)C23)cc1O. The third-order valence-corrected chi connectivity index (χ3v) is 9.00. The van der Waals surface area contributed by atoms with E-state index in [1.807, 2.05) is 23.9 Å². The molecule has 2 fully saturated rings. The summed E-state index contributed by atoms with van der Waals surface area (Å²) in [7, 11) is 1.59. The van der Waals surface area contributed by atoms with Gasteiger partial charge in [-0.05, 0) is 66.9 Å². The Morgan fingerprint density at radius 2 is 2.12 bits per heavy atom. The highest BCUT2D eigenvalue weighted by atomic mass is 32.2. The van der Waals surface area contributed by atoms with Gasteiger partial charge in [-0.15, -0.1) is 23.1 Å². The monoisotopic (exact) mass is 377 g/mol. The first kappa shape index (κ1) is 15.3. The molecule has 1 aliphatic heterocycles. The Morgan fingerprint density at radius 3 is 2.92 bits per heavy atom. The number of thiazole rings is 1. The summed E-state index contributed by atoms with van der Waals surface area (Å²) in [6.07, 6.45) is 4.10. The molecule has 5 unspecified atom stereocenters. The van der Waals surface area contributed by atoms with E-state index in [0.717, 1.165) is 15.8 Å². The van der Waals surface area contributed by atoms with Crippen LogP contribution < -0.4 is 4.74 Å². The fourth-order valence-electron chi connectivity index (χ4n) is 5.12. The first-order valence-corrected chi connectivity index (χ1v) is 10.5. The third-order valence-electron chi connectivity index (χ3n) is 6.03. The first-order valence-electron chi connectivity index (χ1n) is 8.42. The maximum Gasteiger partial charge on any atom is 0.160 e. The molecule has 1 aromatic carbocycles. The highest BCUT2D eigenvalue weighted by Gasteiger charge is 2.54. The maximum atomic E-state index is 10.3. The van der Waals surface area contributed by atoms with Crippen molar-refractivity contribution in [1.82, 2.24) is 4.98 Å².